The van der Waals surface area contributed by atoms with Gasteiger partial charge in [-0.3, -0.25) is 0 Å². The Hall–Kier alpha value is -8.13. The van der Waals surface area contributed by atoms with E-state index >= 15 is 0 Å². The summed E-state index contributed by atoms with van der Waals surface area (Å²) in [4.78, 5) is 18.4. The van der Waals surface area contributed by atoms with Crippen molar-refractivity contribution >= 4 is 103 Å². The van der Waals surface area contributed by atoms with Crippen LogP contribution in [-0.4, -0.2) is 15.0 Å². The molecule has 0 aliphatic carbocycles. The number of hydrogen-bond donors (Lipinski definition) is 0. The zero-order valence-corrected chi connectivity index (χ0v) is 33.8. The fraction of sp³-hybridized carbons (Fsp3) is 0. The molecule has 0 saturated heterocycles. The van der Waals surface area contributed by atoms with E-state index in [-0.39, 0.29) is 0 Å². The van der Waals surface area contributed by atoms with Crippen molar-refractivity contribution in [2.75, 3.05) is 4.90 Å². The third kappa shape index (κ3) is 5.52. The Morgan fingerprint density at radius 3 is 1.87 bits per heavy atom. The predicted octanol–water partition coefficient (Wildman–Crippen LogP) is 15.7. The SMILES string of the molecule is c1ccc(N(c2ccc3c(c2)oc2ccccc23)c2cc(-c3nc(-c4ccc5ccccc5c4)nc(-c4cccc5sc6ccccc6c45)n3)c3c(c2)oc2ccccc23)cc1. The van der Waals surface area contributed by atoms with Gasteiger partial charge in [0, 0.05) is 81.9 Å². The molecular weight excluding hydrogens is 781 g/mol. The van der Waals surface area contributed by atoms with Crippen LogP contribution in [0.2, 0.25) is 0 Å². The zero-order chi connectivity index (χ0) is 40.7. The summed E-state index contributed by atoms with van der Waals surface area (Å²) in [5.41, 5.74) is 8.68. The van der Waals surface area contributed by atoms with Crippen molar-refractivity contribution in [3.05, 3.63) is 194 Å². The van der Waals surface area contributed by atoms with Gasteiger partial charge in [-0.2, -0.15) is 0 Å². The molecule has 7 heteroatoms. The van der Waals surface area contributed by atoms with Crippen LogP contribution >= 0.6 is 11.3 Å². The lowest BCUT2D eigenvalue weighted by Gasteiger charge is -2.26. The van der Waals surface area contributed by atoms with Gasteiger partial charge in [0.2, 0.25) is 0 Å². The summed E-state index contributed by atoms with van der Waals surface area (Å²) in [5.74, 6) is 1.75. The van der Waals surface area contributed by atoms with Crippen LogP contribution in [0.15, 0.2) is 203 Å². The zero-order valence-electron chi connectivity index (χ0n) is 33.0. The van der Waals surface area contributed by atoms with Crippen LogP contribution in [-0.2, 0) is 0 Å². The molecule has 6 nitrogen and oxygen atoms in total. The molecule has 0 N–H and O–H groups in total. The fourth-order valence-electron chi connectivity index (χ4n) is 9.06. The Morgan fingerprint density at radius 1 is 0.355 bits per heavy atom. The molecular formula is C55H32N4O2S. The van der Waals surface area contributed by atoms with E-state index in [4.69, 9.17) is 23.8 Å². The van der Waals surface area contributed by atoms with Crippen molar-refractivity contribution in [2.45, 2.75) is 0 Å². The molecule has 13 rings (SSSR count). The molecule has 0 unspecified atom stereocenters. The maximum absolute atomic E-state index is 6.75. The number of benzene rings is 9. The average molecular weight is 813 g/mol. The number of rotatable bonds is 6. The van der Waals surface area contributed by atoms with Crippen LogP contribution in [0.25, 0.3) is 109 Å². The predicted molar refractivity (Wildman–Crippen MR) is 256 cm³/mol. The number of anilines is 3. The first-order valence-corrected chi connectivity index (χ1v) is 21.4. The van der Waals surface area contributed by atoms with E-state index in [9.17, 15) is 0 Å². The minimum Gasteiger partial charge on any atom is -0.456 e. The van der Waals surface area contributed by atoms with Crippen molar-refractivity contribution in [1.29, 1.82) is 0 Å². The van der Waals surface area contributed by atoms with Gasteiger partial charge >= 0.3 is 0 Å². The smallest absolute Gasteiger partial charge is 0.164 e. The Bertz CT molecular complexity index is 3900. The van der Waals surface area contributed by atoms with E-state index in [2.05, 4.69) is 163 Å². The largest absolute Gasteiger partial charge is 0.456 e. The summed E-state index contributed by atoms with van der Waals surface area (Å²) < 4.78 is 15.6. The van der Waals surface area contributed by atoms with Gasteiger partial charge in [0.25, 0.3) is 0 Å². The molecule has 0 amide bonds. The van der Waals surface area contributed by atoms with Gasteiger partial charge < -0.3 is 13.7 Å². The Kier molecular flexibility index (Phi) is 7.67. The third-order valence-corrected chi connectivity index (χ3v) is 13.0. The Balaban J connectivity index is 1.10. The molecule has 4 heterocycles. The second kappa shape index (κ2) is 13.7. The number of hydrogen-bond acceptors (Lipinski definition) is 7. The van der Waals surface area contributed by atoms with E-state index in [0.717, 1.165) is 93.8 Å². The highest BCUT2D eigenvalue weighted by molar-refractivity contribution is 7.25. The average Bonchev–Trinajstić information content (AvgIpc) is 4.02. The van der Waals surface area contributed by atoms with Gasteiger partial charge in [0.05, 0.1) is 5.69 Å². The van der Waals surface area contributed by atoms with Crippen LogP contribution in [0.5, 0.6) is 0 Å². The normalized spacial score (nSPS) is 11.9. The maximum Gasteiger partial charge on any atom is 0.164 e. The first-order valence-electron chi connectivity index (χ1n) is 20.6. The first-order chi connectivity index (χ1) is 30.7. The number of aromatic nitrogens is 3. The van der Waals surface area contributed by atoms with Crippen LogP contribution in [0.4, 0.5) is 17.1 Å². The third-order valence-electron chi connectivity index (χ3n) is 11.9. The lowest BCUT2D eigenvalue weighted by molar-refractivity contribution is 0.669. The minimum absolute atomic E-state index is 0.550. The molecule has 0 atom stereocenters. The lowest BCUT2D eigenvalue weighted by atomic mass is 10.0. The van der Waals surface area contributed by atoms with Crippen molar-refractivity contribution in [3.8, 4) is 34.2 Å². The molecule has 0 aliphatic rings. The molecule has 13 aromatic rings. The fourth-order valence-corrected chi connectivity index (χ4v) is 10.2. The summed E-state index contributed by atoms with van der Waals surface area (Å²) in [6.07, 6.45) is 0. The van der Waals surface area contributed by atoms with Crippen LogP contribution < -0.4 is 4.90 Å². The number of furan rings is 2. The second-order valence-corrected chi connectivity index (χ2v) is 16.6. The Morgan fingerprint density at radius 2 is 1.00 bits per heavy atom. The van der Waals surface area contributed by atoms with Crippen LogP contribution in [0.3, 0.4) is 0 Å². The number of thiophene rings is 1. The van der Waals surface area contributed by atoms with Crippen LogP contribution in [0, 0.1) is 0 Å². The van der Waals surface area contributed by atoms with Gasteiger partial charge in [0.15, 0.2) is 17.5 Å². The highest BCUT2D eigenvalue weighted by atomic mass is 32.1. The minimum atomic E-state index is 0.550. The molecule has 0 spiro atoms. The van der Waals surface area contributed by atoms with Gasteiger partial charge in [-0.25, -0.2) is 15.0 Å². The van der Waals surface area contributed by atoms with E-state index in [1.807, 2.05) is 36.4 Å². The number of fused-ring (bicyclic) bond motifs is 10. The van der Waals surface area contributed by atoms with Crippen molar-refractivity contribution in [2.24, 2.45) is 0 Å². The topological polar surface area (TPSA) is 68.2 Å². The maximum atomic E-state index is 6.75. The van der Waals surface area contributed by atoms with Crippen LogP contribution in [0.1, 0.15) is 0 Å². The van der Waals surface area contributed by atoms with E-state index in [1.54, 1.807) is 11.3 Å². The summed E-state index contributed by atoms with van der Waals surface area (Å²) in [6.45, 7) is 0. The van der Waals surface area contributed by atoms with E-state index in [0.29, 0.717) is 17.5 Å². The van der Waals surface area contributed by atoms with Gasteiger partial charge in [-0.05, 0) is 71.4 Å². The van der Waals surface area contributed by atoms with Crippen molar-refractivity contribution < 1.29 is 8.83 Å². The van der Waals surface area contributed by atoms with Gasteiger partial charge in [0.1, 0.15) is 22.3 Å². The van der Waals surface area contributed by atoms with Gasteiger partial charge in [-0.15, -0.1) is 11.3 Å². The Labute approximate surface area is 358 Å². The molecule has 290 valence electrons. The molecule has 62 heavy (non-hydrogen) atoms. The van der Waals surface area contributed by atoms with E-state index in [1.165, 1.54) is 14.8 Å². The lowest BCUT2D eigenvalue weighted by Crippen LogP contribution is -2.10. The summed E-state index contributed by atoms with van der Waals surface area (Å²) in [7, 11) is 0. The number of nitrogens with zero attached hydrogens (tertiary/aromatic N) is 4. The number of para-hydroxylation sites is 3. The molecule has 0 saturated carbocycles. The molecule has 4 aromatic heterocycles. The van der Waals surface area contributed by atoms with Crippen molar-refractivity contribution in [3.63, 3.8) is 0 Å². The van der Waals surface area contributed by atoms with Gasteiger partial charge in [-0.1, -0.05) is 121 Å². The summed E-state index contributed by atoms with van der Waals surface area (Å²) in [6, 6.07) is 67.3. The van der Waals surface area contributed by atoms with E-state index < -0.39 is 0 Å². The second-order valence-electron chi connectivity index (χ2n) is 15.6. The van der Waals surface area contributed by atoms with Crippen molar-refractivity contribution in [1.82, 2.24) is 15.0 Å². The summed E-state index contributed by atoms with van der Waals surface area (Å²) >= 11 is 1.78. The first kappa shape index (κ1) is 34.7. The molecule has 0 radical (unpaired) electrons. The highest BCUT2D eigenvalue weighted by Gasteiger charge is 2.24. The highest BCUT2D eigenvalue weighted by Crippen LogP contribution is 2.45. The molecule has 9 aromatic carbocycles. The monoisotopic (exact) mass is 812 g/mol. The molecule has 0 bridgehead atoms. The summed E-state index contributed by atoms with van der Waals surface area (Å²) in [5, 5.41) is 8.67. The molecule has 0 fully saturated rings. The quantitative estimate of drug-likeness (QED) is 0.167. The standard InChI is InChI=1S/C55H32N4O2S/c1-2-15-36(16-3-1)59(37-27-28-40-39-17-6-9-21-45(39)60-47(40)31-37)38-30-44(51-41-18-7-10-22-46(41)61-48(51)32-38)55-57-53(35-26-25-33-13-4-5-14-34(33)29-35)56-54(58-55)43-20-12-24-50-52(43)42-19-8-11-23-49(42)62-50/h1-32H. The molecule has 0 aliphatic heterocycles.